The Morgan fingerprint density at radius 1 is 0.963 bits per heavy atom. The van der Waals surface area contributed by atoms with Crippen LogP contribution in [0.5, 0.6) is 0 Å². The van der Waals surface area contributed by atoms with Crippen LogP contribution in [0, 0.1) is 12.8 Å². The maximum absolute atomic E-state index is 12.7. The van der Waals surface area contributed by atoms with Crippen LogP contribution >= 0.6 is 0 Å². The molecule has 1 atom stereocenters. The summed E-state index contributed by atoms with van der Waals surface area (Å²) in [5.74, 6) is 0.429. The highest BCUT2D eigenvalue weighted by Gasteiger charge is 2.31. The normalized spacial score (nSPS) is 25.6. The lowest BCUT2D eigenvalue weighted by Gasteiger charge is -2.39. The van der Waals surface area contributed by atoms with Crippen LogP contribution in [0.1, 0.15) is 31.2 Å². The number of hydrogen-bond donors (Lipinski definition) is 0. The Morgan fingerprint density at radius 3 is 2.44 bits per heavy atom. The monoisotopic (exact) mass is 371 g/mol. The quantitative estimate of drug-likeness (QED) is 0.818. The van der Waals surface area contributed by atoms with Crippen molar-refractivity contribution in [1.29, 1.82) is 0 Å². The summed E-state index contributed by atoms with van der Waals surface area (Å²) < 4.78 is 5.41. The van der Waals surface area contributed by atoms with Gasteiger partial charge in [-0.1, -0.05) is 17.7 Å². The van der Waals surface area contributed by atoms with Crippen LogP contribution in [-0.4, -0.2) is 74.2 Å². The Kier molecular flexibility index (Phi) is 5.98. The molecule has 0 aromatic heterocycles. The van der Waals surface area contributed by atoms with E-state index in [0.717, 1.165) is 58.7 Å². The van der Waals surface area contributed by atoms with Gasteiger partial charge < -0.3 is 14.5 Å². The van der Waals surface area contributed by atoms with E-state index in [9.17, 15) is 4.79 Å². The maximum atomic E-state index is 12.7. The van der Waals surface area contributed by atoms with Gasteiger partial charge in [-0.15, -0.1) is 0 Å². The summed E-state index contributed by atoms with van der Waals surface area (Å²) in [6.07, 6.45) is 4.44. The second-order valence-electron chi connectivity index (χ2n) is 8.33. The Bertz CT molecular complexity index is 619. The van der Waals surface area contributed by atoms with Gasteiger partial charge in [0, 0.05) is 57.6 Å². The van der Waals surface area contributed by atoms with E-state index < -0.39 is 0 Å². The van der Waals surface area contributed by atoms with E-state index in [-0.39, 0.29) is 5.92 Å². The van der Waals surface area contributed by atoms with Crippen molar-refractivity contribution >= 4 is 11.6 Å². The largest absolute Gasteiger partial charge is 0.381 e. The van der Waals surface area contributed by atoms with Crippen molar-refractivity contribution in [2.24, 2.45) is 5.92 Å². The van der Waals surface area contributed by atoms with Gasteiger partial charge in [-0.05, 0) is 44.7 Å². The van der Waals surface area contributed by atoms with Gasteiger partial charge in [0.15, 0.2) is 0 Å². The van der Waals surface area contributed by atoms with Gasteiger partial charge in [0.1, 0.15) is 0 Å². The number of ether oxygens (including phenoxy) is 1. The molecule has 0 spiro atoms. The third kappa shape index (κ3) is 4.46. The second kappa shape index (κ2) is 8.61. The van der Waals surface area contributed by atoms with Gasteiger partial charge in [0.25, 0.3) is 0 Å². The molecule has 4 rings (SSSR count). The molecule has 3 aliphatic heterocycles. The summed E-state index contributed by atoms with van der Waals surface area (Å²) in [6.45, 7) is 9.71. The molecule has 148 valence electrons. The topological polar surface area (TPSA) is 36.0 Å². The lowest BCUT2D eigenvalue weighted by molar-refractivity contribution is -0.135. The predicted molar refractivity (Wildman–Crippen MR) is 108 cm³/mol. The SMILES string of the molecule is Cc1ccc(N2CCC(N3CCCN(C(=O)C4CCOC4)CC3)CC2)cc1. The molecule has 3 aliphatic rings. The number of aryl methyl sites for hydroxylation is 1. The molecular weight excluding hydrogens is 338 g/mol. The zero-order valence-electron chi connectivity index (χ0n) is 16.6. The van der Waals surface area contributed by atoms with Crippen molar-refractivity contribution in [3.8, 4) is 0 Å². The summed E-state index contributed by atoms with van der Waals surface area (Å²) in [7, 11) is 0. The van der Waals surface area contributed by atoms with Gasteiger partial charge in [-0.25, -0.2) is 0 Å². The summed E-state index contributed by atoms with van der Waals surface area (Å²) in [5.41, 5.74) is 2.67. The first kappa shape index (κ1) is 18.8. The number of amides is 1. The highest BCUT2D eigenvalue weighted by Crippen LogP contribution is 2.24. The molecule has 27 heavy (non-hydrogen) atoms. The van der Waals surface area contributed by atoms with Gasteiger partial charge in [0.2, 0.25) is 5.91 Å². The Hall–Kier alpha value is -1.59. The van der Waals surface area contributed by atoms with Crippen LogP contribution in [-0.2, 0) is 9.53 Å². The molecule has 0 saturated carbocycles. The van der Waals surface area contributed by atoms with Crippen molar-refractivity contribution in [1.82, 2.24) is 9.80 Å². The molecule has 1 aromatic carbocycles. The van der Waals surface area contributed by atoms with Crippen LogP contribution in [0.15, 0.2) is 24.3 Å². The molecular formula is C22H33N3O2. The first-order valence-corrected chi connectivity index (χ1v) is 10.6. The molecule has 3 saturated heterocycles. The van der Waals surface area contributed by atoms with E-state index in [4.69, 9.17) is 4.74 Å². The lowest BCUT2D eigenvalue weighted by atomic mass is 10.0. The fourth-order valence-electron chi connectivity index (χ4n) is 4.76. The summed E-state index contributed by atoms with van der Waals surface area (Å²) >= 11 is 0. The Balaban J connectivity index is 1.27. The van der Waals surface area contributed by atoms with Crippen LogP contribution in [0.4, 0.5) is 5.69 Å². The number of carbonyl (C=O) groups is 1. The fourth-order valence-corrected chi connectivity index (χ4v) is 4.76. The number of nitrogens with zero attached hydrogens (tertiary/aromatic N) is 3. The molecule has 1 unspecified atom stereocenters. The van der Waals surface area contributed by atoms with E-state index >= 15 is 0 Å². The summed E-state index contributed by atoms with van der Waals surface area (Å²) in [5, 5.41) is 0. The number of piperidine rings is 1. The highest BCUT2D eigenvalue weighted by atomic mass is 16.5. The minimum Gasteiger partial charge on any atom is -0.381 e. The van der Waals surface area contributed by atoms with E-state index in [1.54, 1.807) is 0 Å². The number of hydrogen-bond acceptors (Lipinski definition) is 4. The highest BCUT2D eigenvalue weighted by molar-refractivity contribution is 5.79. The van der Waals surface area contributed by atoms with E-state index in [1.807, 2.05) is 0 Å². The lowest BCUT2D eigenvalue weighted by Crippen LogP contribution is -2.46. The van der Waals surface area contributed by atoms with Crippen LogP contribution < -0.4 is 4.90 Å². The standard InChI is InChI=1S/C22H33N3O2/c1-18-3-5-20(6-4-18)24-12-7-21(8-13-24)23-10-2-11-25(15-14-23)22(26)19-9-16-27-17-19/h3-6,19,21H,2,7-17H2,1H3. The van der Waals surface area contributed by atoms with Gasteiger partial charge in [-0.2, -0.15) is 0 Å². The fraction of sp³-hybridized carbons (Fsp3) is 0.682. The number of benzene rings is 1. The zero-order valence-corrected chi connectivity index (χ0v) is 16.6. The molecule has 0 radical (unpaired) electrons. The minimum atomic E-state index is 0.106. The van der Waals surface area contributed by atoms with Gasteiger partial charge in [0.05, 0.1) is 12.5 Å². The summed E-state index contributed by atoms with van der Waals surface area (Å²) in [6, 6.07) is 9.57. The number of anilines is 1. The molecule has 0 bridgehead atoms. The summed E-state index contributed by atoms with van der Waals surface area (Å²) in [4.78, 5) is 19.9. The number of carbonyl (C=O) groups excluding carboxylic acids is 1. The third-order valence-corrected chi connectivity index (χ3v) is 6.50. The molecule has 5 nitrogen and oxygen atoms in total. The molecule has 0 N–H and O–H groups in total. The molecule has 3 fully saturated rings. The van der Waals surface area contributed by atoms with Crippen LogP contribution in [0.2, 0.25) is 0 Å². The zero-order chi connectivity index (χ0) is 18.6. The average Bonchev–Trinajstić information content (AvgIpc) is 3.13. The number of rotatable bonds is 3. The van der Waals surface area contributed by atoms with Crippen LogP contribution in [0.25, 0.3) is 0 Å². The van der Waals surface area contributed by atoms with Crippen molar-refractivity contribution in [2.45, 2.75) is 38.6 Å². The van der Waals surface area contributed by atoms with Crippen molar-refractivity contribution in [2.75, 3.05) is 57.4 Å². The molecule has 1 aromatic rings. The van der Waals surface area contributed by atoms with Crippen molar-refractivity contribution < 1.29 is 9.53 Å². The molecule has 0 aliphatic carbocycles. The molecule has 3 heterocycles. The van der Waals surface area contributed by atoms with Crippen molar-refractivity contribution in [3.05, 3.63) is 29.8 Å². The van der Waals surface area contributed by atoms with E-state index in [0.29, 0.717) is 18.6 Å². The first-order chi connectivity index (χ1) is 13.2. The van der Waals surface area contributed by atoms with Gasteiger partial charge >= 0.3 is 0 Å². The van der Waals surface area contributed by atoms with Gasteiger partial charge in [-0.3, -0.25) is 9.69 Å². The average molecular weight is 372 g/mol. The predicted octanol–water partition coefficient (Wildman–Crippen LogP) is 2.53. The molecule has 5 heteroatoms. The Morgan fingerprint density at radius 2 is 1.74 bits per heavy atom. The van der Waals surface area contributed by atoms with Crippen LogP contribution in [0.3, 0.4) is 0 Å². The minimum absolute atomic E-state index is 0.106. The third-order valence-electron chi connectivity index (χ3n) is 6.50. The van der Waals surface area contributed by atoms with E-state index in [1.165, 1.54) is 24.1 Å². The second-order valence-corrected chi connectivity index (χ2v) is 8.33. The smallest absolute Gasteiger partial charge is 0.228 e. The van der Waals surface area contributed by atoms with Crippen molar-refractivity contribution in [3.63, 3.8) is 0 Å². The Labute approximate surface area is 163 Å². The maximum Gasteiger partial charge on any atom is 0.228 e. The first-order valence-electron chi connectivity index (χ1n) is 10.6. The molecule has 1 amide bonds. The van der Waals surface area contributed by atoms with E-state index in [2.05, 4.69) is 45.9 Å².